The maximum Gasteiger partial charge on any atom is 0.172 e. The van der Waals surface area contributed by atoms with E-state index in [2.05, 4.69) is 0 Å². The molecule has 0 aliphatic carbocycles. The van der Waals surface area contributed by atoms with Crippen molar-refractivity contribution in [1.82, 2.24) is 0 Å². The summed E-state index contributed by atoms with van der Waals surface area (Å²) in [6.45, 7) is 0. The van der Waals surface area contributed by atoms with E-state index >= 15 is 0 Å². The van der Waals surface area contributed by atoms with Gasteiger partial charge < -0.3 is 14.6 Å². The van der Waals surface area contributed by atoms with E-state index in [1.165, 1.54) is 32.4 Å². The number of hydrogen-bond donors (Lipinski definition) is 1. The average Bonchev–Trinajstić information content (AvgIpc) is 2.47. The lowest BCUT2D eigenvalue weighted by molar-refractivity contribution is 0.111. The number of phenols is 1. The van der Waals surface area contributed by atoms with Crippen molar-refractivity contribution in [2.24, 2.45) is 0 Å². The first kappa shape index (κ1) is 13.9. The second-order valence-electron chi connectivity index (χ2n) is 4.05. The zero-order valence-corrected chi connectivity index (χ0v) is 11.0. The maximum absolute atomic E-state index is 13.0. The Balaban J connectivity index is 2.74. The molecule has 0 radical (unpaired) electrons. The van der Waals surface area contributed by atoms with Gasteiger partial charge in [0.2, 0.25) is 0 Å². The third-order valence-electron chi connectivity index (χ3n) is 2.95. The third kappa shape index (κ3) is 2.30. The molecule has 0 aliphatic heterocycles. The molecule has 0 aliphatic rings. The summed E-state index contributed by atoms with van der Waals surface area (Å²) in [6, 6.07) is 7.24. The molecule has 0 saturated heterocycles. The van der Waals surface area contributed by atoms with Crippen LogP contribution in [0.1, 0.15) is 10.4 Å². The molecule has 0 saturated carbocycles. The highest BCUT2D eigenvalue weighted by atomic mass is 19.1. The van der Waals surface area contributed by atoms with Crippen molar-refractivity contribution in [2.75, 3.05) is 14.2 Å². The van der Waals surface area contributed by atoms with Crippen LogP contribution in [-0.4, -0.2) is 25.6 Å². The number of methoxy groups -OCH3 is 2. The minimum atomic E-state index is -0.367. The first-order chi connectivity index (χ1) is 9.62. The number of carbonyl (C=O) groups is 1. The van der Waals surface area contributed by atoms with Gasteiger partial charge in [-0.2, -0.15) is 0 Å². The average molecular weight is 276 g/mol. The van der Waals surface area contributed by atoms with Gasteiger partial charge in [0, 0.05) is 5.56 Å². The van der Waals surface area contributed by atoms with Gasteiger partial charge in [-0.25, -0.2) is 4.39 Å². The van der Waals surface area contributed by atoms with Crippen LogP contribution >= 0.6 is 0 Å². The number of rotatable bonds is 4. The number of ether oxygens (including phenoxy) is 2. The van der Waals surface area contributed by atoms with Crippen molar-refractivity contribution in [3.05, 3.63) is 41.7 Å². The number of aromatic hydroxyl groups is 1. The number of halogens is 1. The SMILES string of the molecule is COc1cc(-c2ccc(F)cc2)c(OC)c(C=O)c1O. The van der Waals surface area contributed by atoms with Gasteiger partial charge >= 0.3 is 0 Å². The molecule has 0 bridgehead atoms. The van der Waals surface area contributed by atoms with Crippen molar-refractivity contribution in [3.8, 4) is 28.4 Å². The Labute approximate surface area is 115 Å². The van der Waals surface area contributed by atoms with E-state index in [0.29, 0.717) is 17.4 Å². The lowest BCUT2D eigenvalue weighted by Gasteiger charge is -2.15. The van der Waals surface area contributed by atoms with Crippen molar-refractivity contribution in [1.29, 1.82) is 0 Å². The highest BCUT2D eigenvalue weighted by Gasteiger charge is 2.19. The lowest BCUT2D eigenvalue weighted by Crippen LogP contribution is -1.97. The van der Waals surface area contributed by atoms with Crippen LogP contribution in [0.4, 0.5) is 4.39 Å². The van der Waals surface area contributed by atoms with Crippen molar-refractivity contribution in [3.63, 3.8) is 0 Å². The Kier molecular flexibility index (Phi) is 3.89. The van der Waals surface area contributed by atoms with Crippen LogP contribution in [0.15, 0.2) is 30.3 Å². The molecule has 4 nitrogen and oxygen atoms in total. The van der Waals surface area contributed by atoms with Gasteiger partial charge in [0.1, 0.15) is 17.1 Å². The van der Waals surface area contributed by atoms with Crippen LogP contribution < -0.4 is 9.47 Å². The topological polar surface area (TPSA) is 55.8 Å². The highest BCUT2D eigenvalue weighted by Crippen LogP contribution is 2.43. The molecule has 0 aromatic heterocycles. The van der Waals surface area contributed by atoms with E-state index in [1.54, 1.807) is 12.1 Å². The second kappa shape index (κ2) is 5.61. The minimum Gasteiger partial charge on any atom is -0.504 e. The molecular weight excluding hydrogens is 263 g/mol. The maximum atomic E-state index is 13.0. The van der Waals surface area contributed by atoms with Crippen LogP contribution in [0.5, 0.6) is 17.2 Å². The molecule has 2 aromatic carbocycles. The first-order valence-electron chi connectivity index (χ1n) is 5.81. The number of aldehydes is 1. The van der Waals surface area contributed by atoms with Crippen LogP contribution in [0.3, 0.4) is 0 Å². The van der Waals surface area contributed by atoms with Crippen LogP contribution in [-0.2, 0) is 0 Å². The summed E-state index contributed by atoms with van der Waals surface area (Å²) in [7, 11) is 2.77. The number of phenolic OH excluding ortho intramolecular Hbond substituents is 1. The van der Waals surface area contributed by atoms with E-state index in [9.17, 15) is 14.3 Å². The molecule has 0 fully saturated rings. The summed E-state index contributed by atoms with van der Waals surface area (Å²) in [5.41, 5.74) is 1.17. The summed E-state index contributed by atoms with van der Waals surface area (Å²) >= 11 is 0. The molecule has 104 valence electrons. The quantitative estimate of drug-likeness (QED) is 0.872. The van der Waals surface area contributed by atoms with Crippen LogP contribution in [0.25, 0.3) is 11.1 Å². The van der Waals surface area contributed by atoms with E-state index in [4.69, 9.17) is 9.47 Å². The van der Waals surface area contributed by atoms with E-state index < -0.39 is 0 Å². The van der Waals surface area contributed by atoms with Gasteiger partial charge in [-0.3, -0.25) is 4.79 Å². The normalized spacial score (nSPS) is 10.2. The third-order valence-corrected chi connectivity index (χ3v) is 2.95. The summed E-state index contributed by atoms with van der Waals surface area (Å²) in [5.74, 6) is -0.295. The fraction of sp³-hybridized carbons (Fsp3) is 0.133. The summed E-state index contributed by atoms with van der Waals surface area (Å²) in [4.78, 5) is 11.2. The second-order valence-corrected chi connectivity index (χ2v) is 4.05. The van der Waals surface area contributed by atoms with Crippen LogP contribution in [0, 0.1) is 5.82 Å². The largest absolute Gasteiger partial charge is 0.504 e. The summed E-state index contributed by atoms with van der Waals surface area (Å²) in [5, 5.41) is 9.92. The number of carbonyl (C=O) groups excluding carboxylic acids is 1. The Morgan fingerprint density at radius 1 is 1.15 bits per heavy atom. The summed E-state index contributed by atoms with van der Waals surface area (Å²) < 4.78 is 23.2. The monoisotopic (exact) mass is 276 g/mol. The molecule has 0 atom stereocenters. The van der Waals surface area contributed by atoms with E-state index in [-0.39, 0.29) is 28.6 Å². The van der Waals surface area contributed by atoms with Gasteiger partial charge in [0.25, 0.3) is 0 Å². The molecule has 5 heteroatoms. The molecule has 1 N–H and O–H groups in total. The minimum absolute atomic E-state index is 0.00817. The molecular formula is C15H13FO4. The molecule has 2 aromatic rings. The van der Waals surface area contributed by atoms with Gasteiger partial charge in [-0.15, -0.1) is 0 Å². The van der Waals surface area contributed by atoms with E-state index in [1.807, 2.05) is 0 Å². The van der Waals surface area contributed by atoms with Gasteiger partial charge in [0.05, 0.1) is 14.2 Å². The molecule has 0 spiro atoms. The Morgan fingerprint density at radius 2 is 1.80 bits per heavy atom. The van der Waals surface area contributed by atoms with Crippen molar-refractivity contribution < 1.29 is 23.8 Å². The Morgan fingerprint density at radius 3 is 2.30 bits per heavy atom. The van der Waals surface area contributed by atoms with Crippen molar-refractivity contribution >= 4 is 6.29 Å². The van der Waals surface area contributed by atoms with Gasteiger partial charge in [-0.05, 0) is 23.8 Å². The number of hydrogen-bond acceptors (Lipinski definition) is 4. The van der Waals surface area contributed by atoms with E-state index in [0.717, 1.165) is 0 Å². The Bertz CT molecular complexity index is 635. The molecule has 0 unspecified atom stereocenters. The zero-order valence-electron chi connectivity index (χ0n) is 11.0. The summed E-state index contributed by atoms with van der Waals surface area (Å²) in [6.07, 6.45) is 0.490. The highest BCUT2D eigenvalue weighted by molar-refractivity contribution is 5.91. The first-order valence-corrected chi connectivity index (χ1v) is 5.81. The fourth-order valence-corrected chi connectivity index (χ4v) is 1.98. The molecule has 0 amide bonds. The molecule has 2 rings (SSSR count). The lowest BCUT2D eigenvalue weighted by atomic mass is 10.00. The zero-order chi connectivity index (χ0) is 14.7. The number of benzene rings is 2. The standard InChI is InChI=1S/C15H13FO4/c1-19-13-7-11(9-3-5-10(16)6-4-9)15(20-2)12(8-17)14(13)18/h3-8,18H,1-2H3. The van der Waals surface area contributed by atoms with Crippen molar-refractivity contribution in [2.45, 2.75) is 0 Å². The molecule has 20 heavy (non-hydrogen) atoms. The van der Waals surface area contributed by atoms with Gasteiger partial charge in [0.15, 0.2) is 17.8 Å². The van der Waals surface area contributed by atoms with Crippen LogP contribution in [0.2, 0.25) is 0 Å². The predicted molar refractivity (Wildman–Crippen MR) is 72.0 cm³/mol. The van der Waals surface area contributed by atoms with Gasteiger partial charge in [-0.1, -0.05) is 12.1 Å². The molecule has 0 heterocycles. The Hall–Kier alpha value is -2.56. The fourth-order valence-electron chi connectivity index (χ4n) is 1.98. The smallest absolute Gasteiger partial charge is 0.172 e. The predicted octanol–water partition coefficient (Wildman–Crippen LogP) is 3.03.